The van der Waals surface area contributed by atoms with Gasteiger partial charge in [0.05, 0.1) is 7.11 Å². The van der Waals surface area contributed by atoms with Gasteiger partial charge in [0.1, 0.15) is 11.8 Å². The lowest BCUT2D eigenvalue weighted by Gasteiger charge is -2.20. The van der Waals surface area contributed by atoms with Crippen LogP contribution in [0.2, 0.25) is 0 Å². The predicted molar refractivity (Wildman–Crippen MR) is 70.7 cm³/mol. The fourth-order valence-corrected chi connectivity index (χ4v) is 1.84. The zero-order chi connectivity index (χ0) is 13.5. The predicted octanol–water partition coefficient (Wildman–Crippen LogP) is 2.28. The molecule has 0 heterocycles. The Morgan fingerprint density at radius 2 is 2.11 bits per heavy atom. The summed E-state index contributed by atoms with van der Waals surface area (Å²) in [4.78, 5) is 11.2. The van der Waals surface area contributed by atoms with Crippen LogP contribution in [0.4, 0.5) is 0 Å². The average Bonchev–Trinajstić information content (AvgIpc) is 2.38. The molecule has 0 fully saturated rings. The summed E-state index contributed by atoms with van der Waals surface area (Å²) in [6.45, 7) is 4.42. The topological polar surface area (TPSA) is 58.6 Å². The Balaban J connectivity index is 2.70. The fourth-order valence-electron chi connectivity index (χ4n) is 1.84. The number of carbonyl (C=O) groups is 1. The quantitative estimate of drug-likeness (QED) is 0.780. The third-order valence-electron chi connectivity index (χ3n) is 3.18. The SMILES string of the molecule is CCC(C)C(NCc1ccccc1OC)C(=O)O. The second-order valence-electron chi connectivity index (χ2n) is 4.39. The molecule has 0 aliphatic carbocycles. The van der Waals surface area contributed by atoms with Crippen LogP contribution in [0.1, 0.15) is 25.8 Å². The molecule has 1 rings (SSSR count). The highest BCUT2D eigenvalue weighted by atomic mass is 16.5. The van der Waals surface area contributed by atoms with Gasteiger partial charge in [0, 0.05) is 12.1 Å². The molecule has 18 heavy (non-hydrogen) atoms. The molecule has 100 valence electrons. The van der Waals surface area contributed by atoms with Crippen molar-refractivity contribution in [2.75, 3.05) is 7.11 Å². The number of rotatable bonds is 7. The normalized spacial score (nSPS) is 13.9. The molecule has 2 atom stereocenters. The minimum Gasteiger partial charge on any atom is -0.496 e. The van der Waals surface area contributed by atoms with Crippen LogP contribution < -0.4 is 10.1 Å². The number of hydrogen-bond donors (Lipinski definition) is 2. The lowest BCUT2D eigenvalue weighted by atomic mass is 9.99. The van der Waals surface area contributed by atoms with Crippen LogP contribution in [-0.2, 0) is 11.3 Å². The Hall–Kier alpha value is -1.55. The molecular formula is C14H21NO3. The van der Waals surface area contributed by atoms with E-state index >= 15 is 0 Å². The molecule has 0 aliphatic rings. The van der Waals surface area contributed by atoms with Gasteiger partial charge in [-0.25, -0.2) is 0 Å². The van der Waals surface area contributed by atoms with Gasteiger partial charge in [0.2, 0.25) is 0 Å². The standard InChI is InChI=1S/C14H21NO3/c1-4-10(2)13(14(16)17)15-9-11-7-5-6-8-12(11)18-3/h5-8,10,13,15H,4,9H2,1-3H3,(H,16,17). The summed E-state index contributed by atoms with van der Waals surface area (Å²) in [5, 5.41) is 12.3. The number of carboxylic acids is 1. The highest BCUT2D eigenvalue weighted by Gasteiger charge is 2.22. The average molecular weight is 251 g/mol. The van der Waals surface area contributed by atoms with Gasteiger partial charge >= 0.3 is 5.97 Å². The van der Waals surface area contributed by atoms with E-state index in [1.807, 2.05) is 38.1 Å². The van der Waals surface area contributed by atoms with Crippen LogP contribution in [0.25, 0.3) is 0 Å². The second kappa shape index (κ2) is 7.01. The Labute approximate surface area is 108 Å². The van der Waals surface area contributed by atoms with E-state index in [2.05, 4.69) is 5.32 Å². The molecular weight excluding hydrogens is 230 g/mol. The lowest BCUT2D eigenvalue weighted by molar-refractivity contribution is -0.140. The maximum Gasteiger partial charge on any atom is 0.320 e. The summed E-state index contributed by atoms with van der Waals surface area (Å²) in [6.07, 6.45) is 0.829. The number of nitrogens with one attached hydrogen (secondary N) is 1. The molecule has 0 bridgehead atoms. The van der Waals surface area contributed by atoms with Crippen molar-refractivity contribution in [3.8, 4) is 5.75 Å². The van der Waals surface area contributed by atoms with Crippen LogP contribution in [0, 0.1) is 5.92 Å². The summed E-state index contributed by atoms with van der Waals surface area (Å²) >= 11 is 0. The van der Waals surface area contributed by atoms with Gasteiger partial charge < -0.3 is 9.84 Å². The van der Waals surface area contributed by atoms with E-state index in [4.69, 9.17) is 4.74 Å². The first-order chi connectivity index (χ1) is 8.60. The minimum atomic E-state index is -0.806. The molecule has 1 aromatic carbocycles. The molecule has 0 aliphatic heterocycles. The molecule has 4 nitrogen and oxygen atoms in total. The number of methoxy groups -OCH3 is 1. The van der Waals surface area contributed by atoms with Gasteiger partial charge in [0.15, 0.2) is 0 Å². The summed E-state index contributed by atoms with van der Waals surface area (Å²) in [5.74, 6) is 0.0646. The number of para-hydroxylation sites is 1. The first-order valence-corrected chi connectivity index (χ1v) is 6.18. The highest BCUT2D eigenvalue weighted by Crippen LogP contribution is 2.18. The van der Waals surface area contributed by atoms with E-state index in [-0.39, 0.29) is 5.92 Å². The maximum absolute atomic E-state index is 11.2. The van der Waals surface area contributed by atoms with Gasteiger partial charge in [-0.05, 0) is 12.0 Å². The molecule has 0 spiro atoms. The molecule has 2 unspecified atom stereocenters. The smallest absolute Gasteiger partial charge is 0.320 e. The summed E-state index contributed by atoms with van der Waals surface area (Å²) < 4.78 is 5.24. The van der Waals surface area contributed by atoms with Gasteiger partial charge in [-0.2, -0.15) is 0 Å². The minimum absolute atomic E-state index is 0.0946. The molecule has 0 aromatic heterocycles. The lowest BCUT2D eigenvalue weighted by Crippen LogP contribution is -2.41. The van der Waals surface area contributed by atoms with Crippen LogP contribution in [0.5, 0.6) is 5.75 Å². The first kappa shape index (κ1) is 14.5. The highest BCUT2D eigenvalue weighted by molar-refractivity contribution is 5.73. The Morgan fingerprint density at radius 3 is 2.67 bits per heavy atom. The third kappa shape index (κ3) is 3.74. The van der Waals surface area contributed by atoms with Gasteiger partial charge in [-0.3, -0.25) is 10.1 Å². The van der Waals surface area contributed by atoms with E-state index in [1.165, 1.54) is 0 Å². The third-order valence-corrected chi connectivity index (χ3v) is 3.18. The zero-order valence-electron chi connectivity index (χ0n) is 11.1. The maximum atomic E-state index is 11.2. The Kier molecular flexibility index (Phi) is 5.65. The molecule has 1 aromatic rings. The van der Waals surface area contributed by atoms with E-state index in [9.17, 15) is 9.90 Å². The van der Waals surface area contributed by atoms with Crippen molar-refractivity contribution in [3.63, 3.8) is 0 Å². The molecule has 0 saturated carbocycles. The number of carboxylic acid groups (broad SMARTS) is 1. The van der Waals surface area contributed by atoms with Crippen molar-refractivity contribution in [3.05, 3.63) is 29.8 Å². The van der Waals surface area contributed by atoms with E-state index in [0.29, 0.717) is 6.54 Å². The van der Waals surface area contributed by atoms with E-state index in [0.717, 1.165) is 17.7 Å². The first-order valence-electron chi connectivity index (χ1n) is 6.18. The number of ether oxygens (including phenoxy) is 1. The van der Waals surface area contributed by atoms with Crippen LogP contribution in [0.15, 0.2) is 24.3 Å². The molecule has 2 N–H and O–H groups in total. The summed E-state index contributed by atoms with van der Waals surface area (Å²) in [6, 6.07) is 7.08. The number of hydrogen-bond acceptors (Lipinski definition) is 3. The van der Waals surface area contributed by atoms with Crippen molar-refractivity contribution < 1.29 is 14.6 Å². The van der Waals surface area contributed by atoms with Crippen LogP contribution in [-0.4, -0.2) is 24.2 Å². The van der Waals surface area contributed by atoms with Gasteiger partial charge in [-0.1, -0.05) is 38.5 Å². The fraction of sp³-hybridized carbons (Fsp3) is 0.500. The summed E-state index contributed by atoms with van der Waals surface area (Å²) in [5.41, 5.74) is 0.967. The molecule has 0 saturated heterocycles. The monoisotopic (exact) mass is 251 g/mol. The van der Waals surface area contributed by atoms with Gasteiger partial charge in [-0.15, -0.1) is 0 Å². The summed E-state index contributed by atoms with van der Waals surface area (Å²) in [7, 11) is 1.61. The second-order valence-corrected chi connectivity index (χ2v) is 4.39. The zero-order valence-corrected chi connectivity index (χ0v) is 11.1. The number of aliphatic carboxylic acids is 1. The van der Waals surface area contributed by atoms with Crippen molar-refractivity contribution >= 4 is 5.97 Å². The Bertz CT molecular complexity index is 392. The largest absolute Gasteiger partial charge is 0.496 e. The number of benzene rings is 1. The van der Waals surface area contributed by atoms with E-state index < -0.39 is 12.0 Å². The van der Waals surface area contributed by atoms with Crippen LogP contribution in [0.3, 0.4) is 0 Å². The van der Waals surface area contributed by atoms with Crippen LogP contribution >= 0.6 is 0 Å². The van der Waals surface area contributed by atoms with E-state index in [1.54, 1.807) is 7.11 Å². The molecule has 0 amide bonds. The van der Waals surface area contributed by atoms with Crippen molar-refractivity contribution in [1.82, 2.24) is 5.32 Å². The molecule has 4 heteroatoms. The van der Waals surface area contributed by atoms with Crippen molar-refractivity contribution in [2.24, 2.45) is 5.92 Å². The van der Waals surface area contributed by atoms with Gasteiger partial charge in [0.25, 0.3) is 0 Å². The molecule has 0 radical (unpaired) electrons. The van der Waals surface area contributed by atoms with Crippen molar-refractivity contribution in [1.29, 1.82) is 0 Å². The Morgan fingerprint density at radius 1 is 1.44 bits per heavy atom. The van der Waals surface area contributed by atoms with Crippen molar-refractivity contribution in [2.45, 2.75) is 32.9 Å².